The first-order chi connectivity index (χ1) is 8.87. The van der Waals surface area contributed by atoms with Crippen LogP contribution in [0.3, 0.4) is 0 Å². The van der Waals surface area contributed by atoms with Crippen LogP contribution in [0.15, 0.2) is 0 Å². The van der Waals surface area contributed by atoms with E-state index < -0.39 is 28.2 Å². The van der Waals surface area contributed by atoms with Gasteiger partial charge in [0.15, 0.2) is 0 Å². The molecule has 0 saturated heterocycles. The zero-order valence-electron chi connectivity index (χ0n) is 11.4. The number of nitrogens with one attached hydrogen (secondary N) is 2. The maximum Gasteiger partial charge on any atom is 0.314 e. The summed E-state index contributed by atoms with van der Waals surface area (Å²) in [6, 6.07) is -0.398. The first kappa shape index (κ1) is 15.9. The van der Waals surface area contributed by atoms with E-state index in [0.717, 1.165) is 12.8 Å². The highest BCUT2D eigenvalue weighted by molar-refractivity contribution is 7.84. The minimum Gasteiger partial charge on any atom is -0.481 e. The molecule has 2 amide bonds. The van der Waals surface area contributed by atoms with Gasteiger partial charge in [0.05, 0.1) is 5.41 Å². The number of carboxylic acids is 1. The molecule has 0 heterocycles. The highest BCUT2D eigenvalue weighted by Crippen LogP contribution is 2.37. The molecule has 1 aliphatic carbocycles. The number of urea groups is 1. The van der Waals surface area contributed by atoms with Gasteiger partial charge < -0.3 is 15.7 Å². The number of rotatable bonds is 6. The lowest BCUT2D eigenvalue weighted by molar-refractivity contribution is -0.148. The molecule has 1 fully saturated rings. The molecule has 110 valence electrons. The topological polar surface area (TPSA) is 95.5 Å². The van der Waals surface area contributed by atoms with Crippen LogP contribution in [0.25, 0.3) is 0 Å². The van der Waals surface area contributed by atoms with Crippen LogP contribution < -0.4 is 10.6 Å². The Balaban J connectivity index is 2.37. The molecule has 3 N–H and O–H groups in total. The van der Waals surface area contributed by atoms with Crippen LogP contribution in [0, 0.1) is 5.41 Å². The van der Waals surface area contributed by atoms with E-state index in [2.05, 4.69) is 10.6 Å². The van der Waals surface area contributed by atoms with Crippen LogP contribution in [0.4, 0.5) is 4.79 Å². The number of amides is 2. The van der Waals surface area contributed by atoms with E-state index in [0.29, 0.717) is 19.4 Å². The van der Waals surface area contributed by atoms with Crippen molar-refractivity contribution < 1.29 is 18.9 Å². The van der Waals surface area contributed by atoms with Crippen molar-refractivity contribution in [3.63, 3.8) is 0 Å². The van der Waals surface area contributed by atoms with Gasteiger partial charge in [-0.2, -0.15) is 0 Å². The van der Waals surface area contributed by atoms with Crippen molar-refractivity contribution in [1.82, 2.24) is 10.6 Å². The average molecular weight is 290 g/mol. The molecule has 19 heavy (non-hydrogen) atoms. The van der Waals surface area contributed by atoms with Gasteiger partial charge in [0.1, 0.15) is 0 Å². The van der Waals surface area contributed by atoms with Gasteiger partial charge in [-0.1, -0.05) is 12.8 Å². The standard InChI is InChI=1S/C12H22N2O4S/c1-9(19(2)18)7-13-11(17)14-8-12(10(15)16)5-3-4-6-12/h9H,3-8H2,1-2H3,(H,15,16)(H2,13,14,17). The number of carbonyl (C=O) groups is 2. The molecule has 0 spiro atoms. The summed E-state index contributed by atoms with van der Waals surface area (Å²) >= 11 is 0. The maximum atomic E-state index is 11.6. The van der Waals surface area contributed by atoms with Crippen molar-refractivity contribution in [2.75, 3.05) is 19.3 Å². The van der Waals surface area contributed by atoms with Gasteiger partial charge in [0.25, 0.3) is 0 Å². The Hall–Kier alpha value is -1.11. The minimum absolute atomic E-state index is 0.120. The first-order valence-electron chi connectivity index (χ1n) is 6.45. The fourth-order valence-corrected chi connectivity index (χ4v) is 2.50. The van der Waals surface area contributed by atoms with Crippen molar-refractivity contribution in [3.05, 3.63) is 0 Å². The van der Waals surface area contributed by atoms with E-state index in [4.69, 9.17) is 0 Å². The van der Waals surface area contributed by atoms with Crippen molar-refractivity contribution in [2.24, 2.45) is 5.41 Å². The van der Waals surface area contributed by atoms with Crippen molar-refractivity contribution in [1.29, 1.82) is 0 Å². The summed E-state index contributed by atoms with van der Waals surface area (Å²) in [5.41, 5.74) is -0.809. The lowest BCUT2D eigenvalue weighted by atomic mass is 9.86. The second-order valence-electron chi connectivity index (χ2n) is 5.17. The Labute approximate surface area is 115 Å². The van der Waals surface area contributed by atoms with E-state index in [-0.39, 0.29) is 11.8 Å². The lowest BCUT2D eigenvalue weighted by Crippen LogP contribution is -2.46. The van der Waals surface area contributed by atoms with E-state index in [1.807, 2.05) is 0 Å². The summed E-state index contributed by atoms with van der Waals surface area (Å²) in [6.07, 6.45) is 4.58. The largest absolute Gasteiger partial charge is 0.481 e. The zero-order valence-corrected chi connectivity index (χ0v) is 12.2. The van der Waals surface area contributed by atoms with Crippen LogP contribution in [-0.2, 0) is 15.6 Å². The van der Waals surface area contributed by atoms with Gasteiger partial charge in [-0.15, -0.1) is 0 Å². The summed E-state index contributed by atoms with van der Waals surface area (Å²) in [4.78, 5) is 22.9. The zero-order chi connectivity index (χ0) is 14.5. The summed E-state index contributed by atoms with van der Waals surface area (Å²) in [5.74, 6) is -0.840. The smallest absolute Gasteiger partial charge is 0.314 e. The molecule has 0 aromatic rings. The normalized spacial score (nSPS) is 20.5. The fourth-order valence-electron chi connectivity index (χ4n) is 2.18. The molecule has 1 rings (SSSR count). The van der Waals surface area contributed by atoms with Crippen molar-refractivity contribution in [3.8, 4) is 0 Å². The molecule has 0 aliphatic heterocycles. The molecule has 0 aromatic carbocycles. The van der Waals surface area contributed by atoms with Gasteiger partial charge in [0.2, 0.25) is 0 Å². The number of hydrogen-bond acceptors (Lipinski definition) is 3. The molecule has 2 atom stereocenters. The number of aliphatic carboxylic acids is 1. The minimum atomic E-state index is -0.985. The quantitative estimate of drug-likeness (QED) is 0.671. The Morgan fingerprint density at radius 1 is 1.32 bits per heavy atom. The molecule has 1 aliphatic rings. The Morgan fingerprint density at radius 3 is 2.37 bits per heavy atom. The third-order valence-electron chi connectivity index (χ3n) is 3.72. The monoisotopic (exact) mass is 290 g/mol. The van der Waals surface area contributed by atoms with Gasteiger partial charge in [-0.05, 0) is 19.8 Å². The Morgan fingerprint density at radius 2 is 1.89 bits per heavy atom. The van der Waals surface area contributed by atoms with Crippen LogP contribution in [0.5, 0.6) is 0 Å². The van der Waals surface area contributed by atoms with Gasteiger partial charge in [0, 0.05) is 35.4 Å². The molecule has 6 nitrogen and oxygen atoms in total. The molecule has 0 aromatic heterocycles. The van der Waals surface area contributed by atoms with Crippen LogP contribution in [-0.4, -0.2) is 45.9 Å². The Bertz CT molecular complexity index is 367. The number of carboxylic acid groups (broad SMARTS) is 1. The molecule has 7 heteroatoms. The SMILES string of the molecule is CC(CNC(=O)NCC1(C(=O)O)CCCC1)S(C)=O. The predicted molar refractivity (Wildman–Crippen MR) is 73.5 cm³/mol. The number of carbonyl (C=O) groups excluding carboxylic acids is 1. The average Bonchev–Trinajstić information content (AvgIpc) is 2.83. The molecule has 1 saturated carbocycles. The first-order valence-corrected chi connectivity index (χ1v) is 8.07. The predicted octanol–water partition coefficient (Wildman–Crippen LogP) is 0.698. The molecular formula is C12H22N2O4S. The van der Waals surface area contributed by atoms with Crippen molar-refractivity contribution in [2.45, 2.75) is 37.9 Å². The molecule has 0 radical (unpaired) electrons. The van der Waals surface area contributed by atoms with Crippen molar-refractivity contribution >= 4 is 22.8 Å². The summed E-state index contributed by atoms with van der Waals surface area (Å²) < 4.78 is 11.1. The van der Waals surface area contributed by atoms with Crippen LogP contribution in [0.2, 0.25) is 0 Å². The summed E-state index contributed by atoms with van der Waals surface area (Å²) in [5, 5.41) is 14.4. The van der Waals surface area contributed by atoms with Crippen LogP contribution >= 0.6 is 0 Å². The fraction of sp³-hybridized carbons (Fsp3) is 0.833. The number of hydrogen-bond donors (Lipinski definition) is 3. The van der Waals surface area contributed by atoms with E-state index in [9.17, 15) is 18.9 Å². The maximum absolute atomic E-state index is 11.6. The van der Waals surface area contributed by atoms with Gasteiger partial charge in [-0.3, -0.25) is 9.00 Å². The molecule has 2 unspecified atom stereocenters. The third-order valence-corrected chi connectivity index (χ3v) is 5.02. The summed E-state index contributed by atoms with van der Waals surface area (Å²) in [7, 11) is -0.985. The van der Waals surface area contributed by atoms with E-state index >= 15 is 0 Å². The lowest BCUT2D eigenvalue weighted by Gasteiger charge is -2.24. The highest BCUT2D eigenvalue weighted by Gasteiger charge is 2.41. The second-order valence-corrected chi connectivity index (χ2v) is 6.97. The molecule has 0 bridgehead atoms. The van der Waals surface area contributed by atoms with E-state index in [1.54, 1.807) is 13.2 Å². The second kappa shape index (κ2) is 6.88. The van der Waals surface area contributed by atoms with Gasteiger partial charge in [-0.25, -0.2) is 4.79 Å². The third kappa shape index (κ3) is 4.49. The summed E-state index contributed by atoms with van der Waals surface area (Å²) in [6.45, 7) is 2.25. The highest BCUT2D eigenvalue weighted by atomic mass is 32.2. The molecular weight excluding hydrogens is 268 g/mol. The van der Waals surface area contributed by atoms with Gasteiger partial charge >= 0.3 is 12.0 Å². The van der Waals surface area contributed by atoms with E-state index in [1.165, 1.54) is 0 Å². The van der Waals surface area contributed by atoms with Crippen LogP contribution in [0.1, 0.15) is 32.6 Å². The Kier molecular flexibility index (Phi) is 5.78.